The van der Waals surface area contributed by atoms with Crippen LogP contribution in [0.25, 0.3) is 22.4 Å². The van der Waals surface area contributed by atoms with E-state index in [0.29, 0.717) is 22.6 Å². The maximum absolute atomic E-state index is 12.4. The monoisotopic (exact) mass is 393 g/mol. The van der Waals surface area contributed by atoms with Crippen molar-refractivity contribution in [3.8, 4) is 11.4 Å². The Balaban J connectivity index is 1.60. The summed E-state index contributed by atoms with van der Waals surface area (Å²) in [7, 11) is 0. The molecule has 0 bridgehead atoms. The minimum absolute atomic E-state index is 0.00658. The summed E-state index contributed by atoms with van der Waals surface area (Å²) >= 11 is 0. The lowest BCUT2D eigenvalue weighted by Crippen LogP contribution is -2.25. The van der Waals surface area contributed by atoms with E-state index in [1.165, 1.54) is 6.26 Å². The minimum atomic E-state index is -0.369. The molecule has 0 aliphatic heterocycles. The Morgan fingerprint density at radius 2 is 2.07 bits per heavy atom. The average Bonchev–Trinajstić information content (AvgIpc) is 3.38. The molecular weight excluding hydrogens is 374 g/mol. The predicted molar refractivity (Wildman–Crippen MR) is 104 cm³/mol. The van der Waals surface area contributed by atoms with Crippen LogP contribution < -0.4 is 10.9 Å². The average molecular weight is 393 g/mol. The van der Waals surface area contributed by atoms with E-state index in [2.05, 4.69) is 20.4 Å². The number of hydrogen-bond donors (Lipinski definition) is 1. The Morgan fingerprint density at radius 3 is 2.79 bits per heavy atom. The van der Waals surface area contributed by atoms with E-state index in [4.69, 9.17) is 8.94 Å². The number of furan rings is 1. The summed E-state index contributed by atoms with van der Waals surface area (Å²) < 4.78 is 12.0. The summed E-state index contributed by atoms with van der Waals surface area (Å²) in [6.45, 7) is 5.68. The molecule has 0 saturated heterocycles. The Morgan fingerprint density at radius 1 is 1.24 bits per heavy atom. The molecule has 0 unspecified atom stereocenters. The van der Waals surface area contributed by atoms with Gasteiger partial charge in [0.15, 0.2) is 5.76 Å². The molecule has 0 radical (unpaired) electrons. The largest absolute Gasteiger partial charge is 0.459 e. The first-order chi connectivity index (χ1) is 13.9. The number of nitrogens with zero attached hydrogens (tertiary/aromatic N) is 4. The Bertz CT molecular complexity index is 1240. The number of fused-ring (bicyclic) bond motifs is 1. The number of benzene rings is 1. The second kappa shape index (κ2) is 7.34. The van der Waals surface area contributed by atoms with E-state index < -0.39 is 0 Å². The summed E-state index contributed by atoms with van der Waals surface area (Å²) in [5, 5.41) is 6.62. The molecule has 4 aromatic rings. The van der Waals surface area contributed by atoms with Gasteiger partial charge in [-0.15, -0.1) is 0 Å². The summed E-state index contributed by atoms with van der Waals surface area (Å²) in [4.78, 5) is 33.1. The highest BCUT2D eigenvalue weighted by atomic mass is 16.5. The van der Waals surface area contributed by atoms with Gasteiger partial charge in [-0.3, -0.25) is 9.59 Å². The molecule has 0 spiro atoms. The number of rotatable bonds is 5. The predicted octanol–water partition coefficient (Wildman–Crippen LogP) is 2.86. The van der Waals surface area contributed by atoms with Gasteiger partial charge in [-0.25, -0.2) is 4.98 Å². The zero-order valence-electron chi connectivity index (χ0n) is 16.2. The number of nitrogens with one attached hydrogen (secondary N) is 1. The van der Waals surface area contributed by atoms with Gasteiger partial charge in [0.1, 0.15) is 5.69 Å². The molecule has 3 heterocycles. The third kappa shape index (κ3) is 3.54. The normalized spacial score (nSPS) is 11.3. The molecule has 29 heavy (non-hydrogen) atoms. The number of amides is 1. The fourth-order valence-electron chi connectivity index (χ4n) is 3.08. The van der Waals surface area contributed by atoms with E-state index >= 15 is 0 Å². The fraction of sp³-hybridized carbons (Fsp3) is 0.250. The van der Waals surface area contributed by atoms with Crippen LogP contribution in [0.2, 0.25) is 0 Å². The zero-order chi connectivity index (χ0) is 20.5. The van der Waals surface area contributed by atoms with Gasteiger partial charge in [-0.05, 0) is 51.1 Å². The van der Waals surface area contributed by atoms with Crippen molar-refractivity contribution in [1.29, 1.82) is 0 Å². The number of carbonyl (C=O) groups is 1. The van der Waals surface area contributed by atoms with Crippen LogP contribution in [0.3, 0.4) is 0 Å². The minimum Gasteiger partial charge on any atom is -0.459 e. The van der Waals surface area contributed by atoms with E-state index in [0.717, 1.165) is 5.52 Å². The van der Waals surface area contributed by atoms with Crippen LogP contribution >= 0.6 is 0 Å². The molecule has 0 atom stereocenters. The summed E-state index contributed by atoms with van der Waals surface area (Å²) in [5.41, 5.74) is 2.44. The highest BCUT2D eigenvalue weighted by molar-refractivity contribution is 5.91. The number of aromatic nitrogens is 4. The highest BCUT2D eigenvalue weighted by Gasteiger charge is 2.15. The van der Waals surface area contributed by atoms with Crippen molar-refractivity contribution in [2.45, 2.75) is 33.4 Å². The van der Waals surface area contributed by atoms with E-state index in [-0.39, 0.29) is 35.7 Å². The smallest absolute Gasteiger partial charge is 0.287 e. The van der Waals surface area contributed by atoms with Crippen LogP contribution in [0, 0.1) is 6.92 Å². The molecule has 0 aliphatic carbocycles. The molecule has 1 amide bonds. The number of hydrogen-bond acceptors (Lipinski definition) is 7. The third-order valence-corrected chi connectivity index (χ3v) is 4.44. The van der Waals surface area contributed by atoms with Crippen molar-refractivity contribution < 1.29 is 13.7 Å². The Labute approximate surface area is 165 Å². The molecule has 1 aromatic carbocycles. The summed E-state index contributed by atoms with van der Waals surface area (Å²) in [6, 6.07) is 8.66. The topological polar surface area (TPSA) is 116 Å². The molecule has 9 nitrogen and oxygen atoms in total. The van der Waals surface area contributed by atoms with Gasteiger partial charge >= 0.3 is 0 Å². The van der Waals surface area contributed by atoms with Crippen molar-refractivity contribution in [3.63, 3.8) is 0 Å². The van der Waals surface area contributed by atoms with Gasteiger partial charge < -0.3 is 18.8 Å². The molecule has 148 valence electrons. The van der Waals surface area contributed by atoms with Gasteiger partial charge in [-0.1, -0.05) is 5.16 Å². The molecule has 4 rings (SSSR count). The lowest BCUT2D eigenvalue weighted by Gasteiger charge is -2.14. The van der Waals surface area contributed by atoms with Gasteiger partial charge in [0.05, 0.1) is 23.8 Å². The standard InChI is InChI=1S/C20H19N5O4/c1-11(2)25-15-7-6-13(9-14(15)22-12(3)20(25)27)18-23-17(29-24-18)10-21-19(26)16-5-4-8-28-16/h4-9,11H,10H2,1-3H3,(H,21,26). The maximum Gasteiger partial charge on any atom is 0.287 e. The summed E-state index contributed by atoms with van der Waals surface area (Å²) in [5.74, 6) is 0.468. The fourth-order valence-corrected chi connectivity index (χ4v) is 3.08. The molecule has 0 aliphatic rings. The molecule has 0 fully saturated rings. The van der Waals surface area contributed by atoms with Crippen LogP contribution in [0.1, 0.15) is 42.0 Å². The summed E-state index contributed by atoms with van der Waals surface area (Å²) in [6.07, 6.45) is 1.42. The van der Waals surface area contributed by atoms with Crippen molar-refractivity contribution in [2.24, 2.45) is 0 Å². The first kappa shape index (κ1) is 18.6. The Kier molecular flexibility index (Phi) is 4.71. The van der Waals surface area contributed by atoms with Crippen LogP contribution in [-0.4, -0.2) is 25.6 Å². The third-order valence-electron chi connectivity index (χ3n) is 4.44. The highest BCUT2D eigenvalue weighted by Crippen LogP contribution is 2.22. The number of aryl methyl sites for hydroxylation is 1. The van der Waals surface area contributed by atoms with Crippen molar-refractivity contribution >= 4 is 16.9 Å². The maximum atomic E-state index is 12.4. The first-order valence-corrected chi connectivity index (χ1v) is 9.11. The number of carbonyl (C=O) groups excluding carboxylic acids is 1. The Hall–Kier alpha value is -3.75. The van der Waals surface area contributed by atoms with E-state index in [9.17, 15) is 9.59 Å². The molecule has 3 aromatic heterocycles. The van der Waals surface area contributed by atoms with Crippen LogP contribution in [0.5, 0.6) is 0 Å². The van der Waals surface area contributed by atoms with Gasteiger partial charge in [0.2, 0.25) is 11.7 Å². The quantitative estimate of drug-likeness (QED) is 0.554. The van der Waals surface area contributed by atoms with Gasteiger partial charge in [0.25, 0.3) is 11.5 Å². The molecule has 9 heteroatoms. The second-order valence-corrected chi connectivity index (χ2v) is 6.84. The lowest BCUT2D eigenvalue weighted by atomic mass is 10.1. The van der Waals surface area contributed by atoms with Gasteiger partial charge in [-0.2, -0.15) is 4.98 Å². The zero-order valence-corrected chi connectivity index (χ0v) is 16.2. The first-order valence-electron chi connectivity index (χ1n) is 9.11. The van der Waals surface area contributed by atoms with Crippen LogP contribution in [0.4, 0.5) is 0 Å². The molecule has 0 saturated carbocycles. The van der Waals surface area contributed by atoms with Gasteiger partial charge in [0, 0.05) is 11.6 Å². The van der Waals surface area contributed by atoms with Crippen molar-refractivity contribution in [1.82, 2.24) is 25.0 Å². The van der Waals surface area contributed by atoms with Crippen molar-refractivity contribution in [3.05, 3.63) is 64.3 Å². The molecule has 1 N–H and O–H groups in total. The van der Waals surface area contributed by atoms with Crippen molar-refractivity contribution in [2.75, 3.05) is 0 Å². The molecular formula is C20H19N5O4. The van der Waals surface area contributed by atoms with E-state index in [1.807, 2.05) is 32.0 Å². The second-order valence-electron chi connectivity index (χ2n) is 6.84. The lowest BCUT2D eigenvalue weighted by molar-refractivity contribution is 0.0918. The SMILES string of the molecule is Cc1nc2cc(-c3noc(CNC(=O)c4ccco4)n3)ccc2n(C(C)C)c1=O. The van der Waals surface area contributed by atoms with E-state index in [1.54, 1.807) is 23.6 Å². The van der Waals surface area contributed by atoms with Crippen LogP contribution in [0.15, 0.2) is 50.3 Å². The van der Waals surface area contributed by atoms with Crippen LogP contribution in [-0.2, 0) is 6.54 Å².